The maximum atomic E-state index is 12.9. The molecule has 6 heteroatoms. The molecule has 2 aromatic rings. The van der Waals surface area contributed by atoms with Crippen LogP contribution in [-0.2, 0) is 10.3 Å². The molecule has 5 nitrogen and oxygen atoms in total. The second-order valence-corrected chi connectivity index (χ2v) is 5.81. The Labute approximate surface area is 145 Å². The lowest BCUT2D eigenvalue weighted by atomic mass is 9.87. The molecule has 1 N–H and O–H groups in total. The Morgan fingerprint density at radius 3 is 2.40 bits per heavy atom. The quantitative estimate of drug-likeness (QED) is 0.821. The molecule has 130 valence electrons. The molecular weight excluding hydrogens is 323 g/mol. The molecule has 1 aliphatic heterocycles. The van der Waals surface area contributed by atoms with Crippen LogP contribution < -0.4 is 10.1 Å². The van der Waals surface area contributed by atoms with E-state index in [0.29, 0.717) is 12.2 Å². The number of hydrogen-bond donors (Lipinski definition) is 1. The minimum absolute atomic E-state index is 0.122. The largest absolute Gasteiger partial charge is 0.492 e. The molecule has 1 heterocycles. The summed E-state index contributed by atoms with van der Waals surface area (Å²) < 4.78 is 18.4. The summed E-state index contributed by atoms with van der Waals surface area (Å²) in [7, 11) is 0. The third-order valence-electron chi connectivity index (χ3n) is 4.37. The van der Waals surface area contributed by atoms with Crippen LogP contribution in [0.25, 0.3) is 0 Å². The molecule has 0 bridgehead atoms. The van der Waals surface area contributed by atoms with Crippen LogP contribution >= 0.6 is 0 Å². The van der Waals surface area contributed by atoms with Crippen molar-refractivity contribution < 1.29 is 18.7 Å². The molecular formula is C19H19FN2O3. The molecule has 1 fully saturated rings. The summed E-state index contributed by atoms with van der Waals surface area (Å²) in [5.41, 5.74) is -0.272. The lowest BCUT2D eigenvalue weighted by Crippen LogP contribution is -2.43. The molecule has 1 atom stereocenters. The SMILES string of the molecule is CC[C@@]1(c2ccccc2)NC(=O)N(CCOc2ccc(F)cc2)C1=O. The predicted octanol–water partition coefficient (Wildman–Crippen LogP) is 3.06. The normalized spacial score (nSPS) is 19.8. The lowest BCUT2D eigenvalue weighted by Gasteiger charge is -2.25. The van der Waals surface area contributed by atoms with Crippen molar-refractivity contribution in [3.63, 3.8) is 0 Å². The first-order valence-electron chi connectivity index (χ1n) is 8.15. The van der Waals surface area contributed by atoms with Gasteiger partial charge >= 0.3 is 6.03 Å². The van der Waals surface area contributed by atoms with Crippen LogP contribution in [0.4, 0.5) is 9.18 Å². The van der Waals surface area contributed by atoms with Gasteiger partial charge in [0.15, 0.2) is 0 Å². The van der Waals surface area contributed by atoms with Crippen molar-refractivity contribution in [3.05, 3.63) is 66.0 Å². The molecule has 1 saturated heterocycles. The molecule has 1 aliphatic rings. The fourth-order valence-corrected chi connectivity index (χ4v) is 2.98. The van der Waals surface area contributed by atoms with Crippen molar-refractivity contribution in [2.24, 2.45) is 0 Å². The molecule has 0 aliphatic carbocycles. The molecule has 0 saturated carbocycles. The van der Waals surface area contributed by atoms with Crippen molar-refractivity contribution >= 4 is 11.9 Å². The van der Waals surface area contributed by atoms with Crippen LogP contribution in [0, 0.1) is 5.82 Å². The van der Waals surface area contributed by atoms with E-state index < -0.39 is 11.6 Å². The number of carbonyl (C=O) groups excluding carboxylic acids is 2. The van der Waals surface area contributed by atoms with Gasteiger partial charge in [-0.05, 0) is 36.2 Å². The van der Waals surface area contributed by atoms with Gasteiger partial charge in [-0.1, -0.05) is 37.3 Å². The number of benzene rings is 2. The number of carbonyl (C=O) groups is 2. The maximum absolute atomic E-state index is 12.9. The van der Waals surface area contributed by atoms with Crippen LogP contribution in [0.15, 0.2) is 54.6 Å². The van der Waals surface area contributed by atoms with Crippen LogP contribution in [0.5, 0.6) is 5.75 Å². The zero-order valence-corrected chi connectivity index (χ0v) is 13.9. The van der Waals surface area contributed by atoms with E-state index in [1.807, 2.05) is 37.3 Å². The van der Waals surface area contributed by atoms with E-state index in [1.54, 1.807) is 0 Å². The summed E-state index contributed by atoms with van der Waals surface area (Å²) in [6, 6.07) is 14.4. The minimum Gasteiger partial charge on any atom is -0.492 e. The third-order valence-corrected chi connectivity index (χ3v) is 4.37. The molecule has 0 aromatic heterocycles. The first-order valence-corrected chi connectivity index (χ1v) is 8.15. The number of hydrogen-bond acceptors (Lipinski definition) is 3. The van der Waals surface area contributed by atoms with Crippen LogP contribution in [0.2, 0.25) is 0 Å². The Bertz CT molecular complexity index is 764. The van der Waals surface area contributed by atoms with E-state index in [0.717, 1.165) is 5.56 Å². The van der Waals surface area contributed by atoms with Crippen molar-refractivity contribution in [3.8, 4) is 5.75 Å². The van der Waals surface area contributed by atoms with Gasteiger partial charge < -0.3 is 10.1 Å². The number of rotatable bonds is 6. The van der Waals surface area contributed by atoms with Gasteiger partial charge in [-0.2, -0.15) is 0 Å². The van der Waals surface area contributed by atoms with Crippen LogP contribution in [-0.4, -0.2) is 30.0 Å². The summed E-state index contributed by atoms with van der Waals surface area (Å²) in [6.07, 6.45) is 0.455. The lowest BCUT2D eigenvalue weighted by molar-refractivity contribution is -0.132. The highest BCUT2D eigenvalue weighted by atomic mass is 19.1. The zero-order chi connectivity index (χ0) is 17.9. The summed E-state index contributed by atoms with van der Waals surface area (Å²) in [6.45, 7) is 2.12. The van der Waals surface area contributed by atoms with Gasteiger partial charge in [0.1, 0.15) is 23.7 Å². The number of nitrogens with zero attached hydrogens (tertiary/aromatic N) is 1. The number of nitrogens with one attached hydrogen (secondary N) is 1. The fourth-order valence-electron chi connectivity index (χ4n) is 2.98. The van der Waals surface area contributed by atoms with Gasteiger partial charge in [0.25, 0.3) is 5.91 Å². The smallest absolute Gasteiger partial charge is 0.325 e. The van der Waals surface area contributed by atoms with E-state index in [1.165, 1.54) is 29.2 Å². The maximum Gasteiger partial charge on any atom is 0.325 e. The Hall–Kier alpha value is -2.89. The molecule has 3 rings (SSSR count). The highest BCUT2D eigenvalue weighted by Gasteiger charge is 2.50. The van der Waals surface area contributed by atoms with E-state index in [-0.39, 0.29) is 24.9 Å². The summed E-state index contributed by atoms with van der Waals surface area (Å²) >= 11 is 0. The van der Waals surface area contributed by atoms with Crippen molar-refractivity contribution in [1.82, 2.24) is 10.2 Å². The van der Waals surface area contributed by atoms with Gasteiger partial charge in [-0.25, -0.2) is 9.18 Å². The highest BCUT2D eigenvalue weighted by molar-refractivity contribution is 6.07. The second-order valence-electron chi connectivity index (χ2n) is 5.81. The topological polar surface area (TPSA) is 58.6 Å². The number of imide groups is 1. The van der Waals surface area contributed by atoms with Crippen molar-refractivity contribution in [1.29, 1.82) is 0 Å². The van der Waals surface area contributed by atoms with Gasteiger partial charge in [-0.3, -0.25) is 9.69 Å². The van der Waals surface area contributed by atoms with E-state index >= 15 is 0 Å². The first kappa shape index (κ1) is 17.0. The number of amides is 3. The summed E-state index contributed by atoms with van der Waals surface area (Å²) in [5, 5.41) is 2.82. The average molecular weight is 342 g/mol. The van der Waals surface area contributed by atoms with Crippen molar-refractivity contribution in [2.45, 2.75) is 18.9 Å². The highest BCUT2D eigenvalue weighted by Crippen LogP contribution is 2.32. The van der Waals surface area contributed by atoms with Crippen LogP contribution in [0.1, 0.15) is 18.9 Å². The number of urea groups is 1. The molecule has 0 radical (unpaired) electrons. The molecule has 3 amide bonds. The van der Waals surface area contributed by atoms with E-state index in [2.05, 4.69) is 5.32 Å². The average Bonchev–Trinajstić information content (AvgIpc) is 2.89. The fraction of sp³-hybridized carbons (Fsp3) is 0.263. The Kier molecular flexibility index (Phi) is 4.70. The molecule has 0 spiro atoms. The molecule has 0 unspecified atom stereocenters. The van der Waals surface area contributed by atoms with E-state index in [4.69, 9.17) is 4.74 Å². The van der Waals surface area contributed by atoms with Crippen LogP contribution in [0.3, 0.4) is 0 Å². The third kappa shape index (κ3) is 3.20. The number of halogens is 1. The van der Waals surface area contributed by atoms with Gasteiger partial charge in [0, 0.05) is 0 Å². The Balaban J connectivity index is 1.69. The second kappa shape index (κ2) is 6.93. The summed E-state index contributed by atoms with van der Waals surface area (Å²) in [5.74, 6) is -0.149. The predicted molar refractivity (Wildman–Crippen MR) is 90.6 cm³/mol. The minimum atomic E-state index is -1.03. The molecule has 25 heavy (non-hydrogen) atoms. The first-order chi connectivity index (χ1) is 12.1. The monoisotopic (exact) mass is 342 g/mol. The Morgan fingerprint density at radius 1 is 1.08 bits per heavy atom. The number of ether oxygens (including phenoxy) is 1. The zero-order valence-electron chi connectivity index (χ0n) is 13.9. The van der Waals surface area contributed by atoms with Gasteiger partial charge in [0.2, 0.25) is 0 Å². The summed E-state index contributed by atoms with van der Waals surface area (Å²) in [4.78, 5) is 26.4. The van der Waals surface area contributed by atoms with Gasteiger partial charge in [0.05, 0.1) is 6.54 Å². The Morgan fingerprint density at radius 2 is 1.76 bits per heavy atom. The molecule has 2 aromatic carbocycles. The van der Waals surface area contributed by atoms with Crippen molar-refractivity contribution in [2.75, 3.05) is 13.2 Å². The van der Waals surface area contributed by atoms with Gasteiger partial charge in [-0.15, -0.1) is 0 Å². The standard InChI is InChI=1S/C19H19FN2O3/c1-2-19(14-6-4-3-5-7-14)17(23)22(18(24)21-19)12-13-25-16-10-8-15(20)9-11-16/h3-11H,2,12-13H2,1H3,(H,21,24)/t19-/m0/s1. The van der Waals surface area contributed by atoms with E-state index in [9.17, 15) is 14.0 Å².